The number of Topliss-reactive ketones (excluding diaryl/α,β-unsaturated/α-hetero) is 1. The quantitative estimate of drug-likeness (QED) is 0.518. The summed E-state index contributed by atoms with van der Waals surface area (Å²) >= 11 is 0. The highest BCUT2D eigenvalue weighted by atomic mass is 16.5. The fourth-order valence-electron chi connectivity index (χ4n) is 6.40. The van der Waals surface area contributed by atoms with Crippen molar-refractivity contribution >= 4 is 23.6 Å². The summed E-state index contributed by atoms with van der Waals surface area (Å²) in [4.78, 5) is 55.0. The second kappa shape index (κ2) is 7.13. The number of ether oxygens (including phenoxy) is 2. The molecule has 2 aromatic carbocycles. The van der Waals surface area contributed by atoms with Crippen molar-refractivity contribution in [1.82, 2.24) is 4.90 Å². The number of rotatable bonds is 4. The van der Waals surface area contributed by atoms with Crippen molar-refractivity contribution < 1.29 is 28.7 Å². The molecular weight excluding hydrogens is 434 g/mol. The number of hydrogen-bond acceptors (Lipinski definition) is 6. The third-order valence-electron chi connectivity index (χ3n) is 7.92. The predicted molar refractivity (Wildman–Crippen MR) is 119 cm³/mol. The standard InChI is InChI=1S/C27H23NO6/c1-33-20(29)14-26-11-12-27(18(13-26)23(30)17-9-5-6-10-19(17)34-27)22-21(26)24(31)28(25(22)32)15-16-7-3-2-4-8-16/h2-10,13,21-22H,11-12,14-15H2,1H3/t21-,22+,26+,27+/m0/s1. The summed E-state index contributed by atoms with van der Waals surface area (Å²) in [6.45, 7) is 0.135. The largest absolute Gasteiger partial charge is 0.481 e. The normalized spacial score (nSPS) is 30.8. The lowest BCUT2D eigenvalue weighted by Crippen LogP contribution is -2.64. The number of ketones is 1. The highest BCUT2D eigenvalue weighted by molar-refractivity contribution is 6.16. The van der Waals surface area contributed by atoms with Crippen molar-refractivity contribution in [2.45, 2.75) is 31.4 Å². The average Bonchev–Trinajstić information content (AvgIpc) is 3.12. The molecule has 4 atom stereocenters. The highest BCUT2D eigenvalue weighted by Gasteiger charge is 2.73. The van der Waals surface area contributed by atoms with Gasteiger partial charge in [-0.15, -0.1) is 0 Å². The Balaban J connectivity index is 1.51. The third kappa shape index (κ3) is 2.64. The Hall–Kier alpha value is -3.74. The highest BCUT2D eigenvalue weighted by Crippen LogP contribution is 2.64. The van der Waals surface area contributed by atoms with Crippen LogP contribution in [0.1, 0.15) is 35.2 Å². The topological polar surface area (TPSA) is 90.0 Å². The number of benzene rings is 2. The first kappa shape index (κ1) is 20.8. The predicted octanol–water partition coefficient (Wildman–Crippen LogP) is 3.09. The molecule has 7 nitrogen and oxygen atoms in total. The smallest absolute Gasteiger partial charge is 0.306 e. The molecule has 7 heteroatoms. The van der Waals surface area contributed by atoms with Crippen LogP contribution in [0.15, 0.2) is 66.2 Å². The van der Waals surface area contributed by atoms with Gasteiger partial charge in [0, 0.05) is 11.0 Å². The first-order chi connectivity index (χ1) is 16.4. The molecule has 2 amide bonds. The van der Waals surface area contributed by atoms with Gasteiger partial charge in [-0.1, -0.05) is 48.5 Å². The molecule has 2 aromatic rings. The molecule has 0 aromatic heterocycles. The van der Waals surface area contributed by atoms with Gasteiger partial charge in [-0.2, -0.15) is 0 Å². The maximum absolute atomic E-state index is 13.9. The first-order valence-electron chi connectivity index (χ1n) is 11.4. The Morgan fingerprint density at radius 3 is 2.47 bits per heavy atom. The zero-order valence-electron chi connectivity index (χ0n) is 18.7. The van der Waals surface area contributed by atoms with Gasteiger partial charge in [0.15, 0.2) is 5.78 Å². The monoisotopic (exact) mass is 457 g/mol. The molecule has 2 bridgehead atoms. The number of methoxy groups -OCH3 is 1. The molecule has 2 aliphatic heterocycles. The number of carbonyl (C=O) groups is 4. The van der Waals surface area contributed by atoms with E-state index in [0.29, 0.717) is 29.7 Å². The molecule has 5 aliphatic rings. The fourth-order valence-corrected chi connectivity index (χ4v) is 6.40. The van der Waals surface area contributed by atoms with E-state index in [4.69, 9.17) is 9.47 Å². The Morgan fingerprint density at radius 1 is 1.00 bits per heavy atom. The fraction of sp³-hybridized carbons (Fsp3) is 0.333. The van der Waals surface area contributed by atoms with Crippen molar-refractivity contribution in [3.05, 3.63) is 77.4 Å². The van der Waals surface area contributed by atoms with Crippen molar-refractivity contribution in [1.29, 1.82) is 0 Å². The van der Waals surface area contributed by atoms with Crippen LogP contribution in [0.5, 0.6) is 5.75 Å². The van der Waals surface area contributed by atoms with Crippen LogP contribution in [-0.2, 0) is 25.7 Å². The van der Waals surface area contributed by atoms with Gasteiger partial charge >= 0.3 is 5.97 Å². The minimum absolute atomic E-state index is 0.0721. The van der Waals surface area contributed by atoms with Gasteiger partial charge in [0.2, 0.25) is 11.8 Å². The lowest BCUT2D eigenvalue weighted by atomic mass is 9.48. The van der Waals surface area contributed by atoms with Gasteiger partial charge in [-0.25, -0.2) is 0 Å². The minimum Gasteiger partial charge on any atom is -0.481 e. The molecule has 0 N–H and O–H groups in total. The molecule has 0 unspecified atom stereocenters. The van der Waals surface area contributed by atoms with E-state index in [9.17, 15) is 19.2 Å². The number of para-hydroxylation sites is 1. The number of esters is 1. The van der Waals surface area contributed by atoms with Crippen LogP contribution >= 0.6 is 0 Å². The van der Waals surface area contributed by atoms with Crippen LogP contribution in [0.2, 0.25) is 0 Å². The molecule has 2 heterocycles. The lowest BCUT2D eigenvalue weighted by molar-refractivity contribution is -0.154. The number of carbonyl (C=O) groups excluding carboxylic acids is 4. The maximum Gasteiger partial charge on any atom is 0.306 e. The van der Waals surface area contributed by atoms with Gasteiger partial charge in [0.05, 0.1) is 37.5 Å². The van der Waals surface area contributed by atoms with Crippen LogP contribution in [0.4, 0.5) is 0 Å². The number of fused-ring (bicyclic) bond motifs is 2. The molecule has 1 saturated heterocycles. The minimum atomic E-state index is -1.22. The second-order valence-corrected chi connectivity index (χ2v) is 9.56. The Kier molecular flexibility index (Phi) is 4.37. The Morgan fingerprint density at radius 2 is 1.71 bits per heavy atom. The van der Waals surface area contributed by atoms with Crippen molar-refractivity contribution in [3.8, 4) is 5.75 Å². The van der Waals surface area contributed by atoms with E-state index in [2.05, 4.69) is 0 Å². The Bertz CT molecular complexity index is 1280. The number of hydrogen-bond donors (Lipinski definition) is 0. The molecule has 3 aliphatic carbocycles. The van der Waals surface area contributed by atoms with Crippen LogP contribution in [0, 0.1) is 17.3 Å². The molecule has 34 heavy (non-hydrogen) atoms. The van der Waals surface area contributed by atoms with Crippen molar-refractivity contribution in [2.24, 2.45) is 17.3 Å². The van der Waals surface area contributed by atoms with Crippen LogP contribution < -0.4 is 4.74 Å². The van der Waals surface area contributed by atoms with Crippen molar-refractivity contribution in [3.63, 3.8) is 0 Å². The maximum atomic E-state index is 13.9. The summed E-state index contributed by atoms with van der Waals surface area (Å²) in [7, 11) is 1.30. The van der Waals surface area contributed by atoms with E-state index in [-0.39, 0.29) is 30.6 Å². The zero-order chi connectivity index (χ0) is 23.7. The van der Waals surface area contributed by atoms with Gasteiger partial charge in [-0.05, 0) is 30.5 Å². The molecular formula is C27H23NO6. The van der Waals surface area contributed by atoms with E-state index in [1.165, 1.54) is 12.0 Å². The van der Waals surface area contributed by atoms with Gasteiger partial charge in [0.25, 0.3) is 0 Å². The van der Waals surface area contributed by atoms with Gasteiger partial charge < -0.3 is 9.47 Å². The summed E-state index contributed by atoms with van der Waals surface area (Å²) in [5, 5.41) is 0. The van der Waals surface area contributed by atoms with E-state index in [1.54, 1.807) is 30.3 Å². The summed E-state index contributed by atoms with van der Waals surface area (Å²) in [6, 6.07) is 16.3. The Labute approximate surface area is 196 Å². The van der Waals surface area contributed by atoms with Gasteiger partial charge in [-0.3, -0.25) is 24.1 Å². The van der Waals surface area contributed by atoms with E-state index >= 15 is 0 Å². The zero-order valence-corrected chi connectivity index (χ0v) is 18.7. The number of allylic oxidation sites excluding steroid dienone is 1. The van der Waals surface area contributed by atoms with Crippen LogP contribution in [-0.4, -0.2) is 41.2 Å². The summed E-state index contributed by atoms with van der Waals surface area (Å²) in [6.07, 6.45) is 2.50. The van der Waals surface area contributed by atoms with Crippen molar-refractivity contribution in [2.75, 3.05) is 7.11 Å². The lowest BCUT2D eigenvalue weighted by Gasteiger charge is -2.57. The molecule has 2 fully saturated rings. The first-order valence-corrected chi connectivity index (χ1v) is 11.4. The van der Waals surface area contributed by atoms with Crippen LogP contribution in [0.3, 0.4) is 0 Å². The summed E-state index contributed by atoms with van der Waals surface area (Å²) in [5.41, 5.74) is -0.557. The number of nitrogens with zero attached hydrogens (tertiary/aromatic N) is 1. The molecule has 1 spiro atoms. The van der Waals surface area contributed by atoms with Crippen LogP contribution in [0.25, 0.3) is 0 Å². The summed E-state index contributed by atoms with van der Waals surface area (Å²) < 4.78 is 11.4. The molecule has 1 saturated carbocycles. The number of likely N-dealkylation sites (tertiary alicyclic amines) is 1. The second-order valence-electron chi connectivity index (χ2n) is 9.56. The summed E-state index contributed by atoms with van der Waals surface area (Å²) in [5.74, 6) is -2.62. The van der Waals surface area contributed by atoms with E-state index in [1.807, 2.05) is 30.3 Å². The van der Waals surface area contributed by atoms with Gasteiger partial charge in [0.1, 0.15) is 11.4 Å². The van der Waals surface area contributed by atoms with E-state index < -0.39 is 28.8 Å². The number of amides is 2. The SMILES string of the molecule is COC(=O)C[C@]12C=C3C(=O)c4ccccc4O[C@@]3(CC1)[C@H]1C(=O)N(Cc3ccccc3)C(=O)[C@H]12. The third-order valence-corrected chi connectivity index (χ3v) is 7.92. The molecule has 172 valence electrons. The average molecular weight is 457 g/mol. The van der Waals surface area contributed by atoms with E-state index in [0.717, 1.165) is 5.56 Å². The number of imide groups is 1. The molecule has 7 rings (SSSR count). The molecule has 0 radical (unpaired) electrons.